The molecule has 3 saturated heterocycles. The molecule has 8 heteroatoms. The normalized spacial score (nSPS) is 38.3. The maximum Gasteiger partial charge on any atom is 0.116 e. The zero-order valence-corrected chi connectivity index (χ0v) is 24.7. The lowest BCUT2D eigenvalue weighted by Gasteiger charge is -2.38. The van der Waals surface area contributed by atoms with Crippen molar-refractivity contribution in [1.82, 2.24) is 0 Å². The quantitative estimate of drug-likeness (QED) is 0.167. The summed E-state index contributed by atoms with van der Waals surface area (Å²) in [6, 6.07) is 0. The molecule has 38 heavy (non-hydrogen) atoms. The Balaban J connectivity index is 1.57. The Morgan fingerprint density at radius 2 is 1.16 bits per heavy atom. The number of aliphatic hydroxyl groups is 3. The van der Waals surface area contributed by atoms with E-state index in [9.17, 15) is 15.3 Å². The SMILES string of the molecule is CC(C)(O)/C=C/C[C@@](C)(O)[C@H]1CC[C@@](C)([C@H]2CC[C@H]([C@]3(C)CC[C@H]([C@](C)(O)C/C=C/C(C)(C)OO)O3)O2)O1. The molecule has 0 aromatic heterocycles. The smallest absolute Gasteiger partial charge is 0.116 e. The van der Waals surface area contributed by atoms with E-state index >= 15 is 0 Å². The largest absolute Gasteiger partial charge is 0.387 e. The first-order valence-corrected chi connectivity index (χ1v) is 14.2. The van der Waals surface area contributed by atoms with Crippen LogP contribution in [0.4, 0.5) is 0 Å². The highest BCUT2D eigenvalue weighted by atomic mass is 17.1. The van der Waals surface area contributed by atoms with Gasteiger partial charge in [-0.2, -0.15) is 0 Å². The van der Waals surface area contributed by atoms with Gasteiger partial charge in [-0.3, -0.25) is 5.26 Å². The van der Waals surface area contributed by atoms with Gasteiger partial charge in [-0.15, -0.1) is 0 Å². The standard InChI is InChI=1S/C30H52O8/c1-25(2,31)15-9-17-27(5,32)21-13-19-29(7,36-21)23-11-12-24(35-23)30(8)20-14-22(37-30)28(6,33)18-10-16-26(3,4)38-34/h9-10,15-16,21-24,31-34H,11-14,17-20H2,1-8H3/b15-9+,16-10+/t21-,22-,23-,24-,27-,28-,29+,30+/m1/s1. The van der Waals surface area contributed by atoms with E-state index in [-0.39, 0.29) is 24.4 Å². The molecule has 0 bridgehead atoms. The maximum absolute atomic E-state index is 11.2. The molecule has 0 aliphatic carbocycles. The first-order chi connectivity index (χ1) is 17.3. The van der Waals surface area contributed by atoms with Gasteiger partial charge in [0.15, 0.2) is 0 Å². The van der Waals surface area contributed by atoms with E-state index in [1.807, 2.05) is 12.2 Å². The maximum atomic E-state index is 11.2. The van der Waals surface area contributed by atoms with Crippen LogP contribution in [0, 0.1) is 0 Å². The van der Waals surface area contributed by atoms with Gasteiger partial charge in [0.1, 0.15) is 5.60 Å². The fraction of sp³-hybridized carbons (Fsp3) is 0.867. The van der Waals surface area contributed by atoms with Crippen LogP contribution in [0.15, 0.2) is 24.3 Å². The summed E-state index contributed by atoms with van der Waals surface area (Å²) >= 11 is 0. The summed E-state index contributed by atoms with van der Waals surface area (Å²) in [7, 11) is 0. The minimum Gasteiger partial charge on any atom is -0.387 e. The van der Waals surface area contributed by atoms with Gasteiger partial charge in [0.2, 0.25) is 0 Å². The molecule has 0 aromatic rings. The highest BCUT2D eigenvalue weighted by molar-refractivity contribution is 5.07. The van der Waals surface area contributed by atoms with Gasteiger partial charge >= 0.3 is 0 Å². The minimum absolute atomic E-state index is 0.0937. The molecule has 4 N–H and O–H groups in total. The van der Waals surface area contributed by atoms with E-state index in [0.29, 0.717) is 12.8 Å². The highest BCUT2D eigenvalue weighted by Gasteiger charge is 2.55. The lowest BCUT2D eigenvalue weighted by molar-refractivity contribution is -0.297. The van der Waals surface area contributed by atoms with Crippen LogP contribution in [0.1, 0.15) is 107 Å². The number of hydrogen-bond donors (Lipinski definition) is 4. The van der Waals surface area contributed by atoms with Crippen LogP contribution in [0.5, 0.6) is 0 Å². The summed E-state index contributed by atoms with van der Waals surface area (Å²) in [5.41, 5.74) is -4.81. The molecular weight excluding hydrogens is 488 g/mol. The van der Waals surface area contributed by atoms with Crippen molar-refractivity contribution in [2.75, 3.05) is 0 Å². The van der Waals surface area contributed by atoms with Crippen molar-refractivity contribution in [3.8, 4) is 0 Å². The van der Waals surface area contributed by atoms with E-state index in [1.165, 1.54) is 0 Å². The number of rotatable bonds is 11. The van der Waals surface area contributed by atoms with Crippen LogP contribution < -0.4 is 0 Å². The van der Waals surface area contributed by atoms with Crippen LogP contribution in [0.2, 0.25) is 0 Å². The molecule has 8 nitrogen and oxygen atoms in total. The molecule has 0 unspecified atom stereocenters. The van der Waals surface area contributed by atoms with Crippen LogP contribution in [0.25, 0.3) is 0 Å². The highest BCUT2D eigenvalue weighted by Crippen LogP contribution is 2.48. The second-order valence-electron chi connectivity index (χ2n) is 13.9. The van der Waals surface area contributed by atoms with Crippen molar-refractivity contribution in [3.05, 3.63) is 24.3 Å². The molecule has 0 spiro atoms. The van der Waals surface area contributed by atoms with Crippen LogP contribution in [-0.4, -0.2) is 78.6 Å². The second-order valence-corrected chi connectivity index (χ2v) is 13.9. The Hall–Kier alpha value is -0.840. The first kappa shape index (κ1) is 31.7. The summed E-state index contributed by atoms with van der Waals surface area (Å²) in [6.07, 6.45) is 11.8. The van der Waals surface area contributed by atoms with Gasteiger partial charge in [-0.05, 0) is 107 Å². The fourth-order valence-electron chi connectivity index (χ4n) is 6.07. The summed E-state index contributed by atoms with van der Waals surface area (Å²) in [4.78, 5) is 4.44. The van der Waals surface area contributed by atoms with Gasteiger partial charge in [0, 0.05) is 0 Å². The van der Waals surface area contributed by atoms with Gasteiger partial charge < -0.3 is 29.5 Å². The minimum atomic E-state index is -1.06. The Morgan fingerprint density at radius 3 is 1.55 bits per heavy atom. The van der Waals surface area contributed by atoms with E-state index in [2.05, 4.69) is 18.7 Å². The lowest BCUT2D eigenvalue weighted by Crippen LogP contribution is -2.47. The van der Waals surface area contributed by atoms with Crippen molar-refractivity contribution in [2.24, 2.45) is 0 Å². The van der Waals surface area contributed by atoms with Crippen molar-refractivity contribution in [3.63, 3.8) is 0 Å². The molecule has 3 aliphatic rings. The third-order valence-electron chi connectivity index (χ3n) is 8.74. The van der Waals surface area contributed by atoms with Crippen molar-refractivity contribution in [2.45, 2.75) is 165 Å². The zero-order chi connectivity index (χ0) is 28.6. The van der Waals surface area contributed by atoms with E-state index in [0.717, 1.165) is 38.5 Å². The van der Waals surface area contributed by atoms with E-state index in [4.69, 9.17) is 19.5 Å². The molecule has 8 atom stereocenters. The average molecular weight is 541 g/mol. The summed E-state index contributed by atoms with van der Waals surface area (Å²) in [5, 5.41) is 41.2. The predicted molar refractivity (Wildman–Crippen MR) is 146 cm³/mol. The molecule has 0 saturated carbocycles. The first-order valence-electron chi connectivity index (χ1n) is 14.2. The second kappa shape index (κ2) is 11.2. The van der Waals surface area contributed by atoms with Crippen LogP contribution in [0.3, 0.4) is 0 Å². The van der Waals surface area contributed by atoms with Crippen molar-refractivity contribution >= 4 is 0 Å². The Kier molecular flexibility index (Phi) is 9.34. The number of ether oxygens (including phenoxy) is 3. The fourth-order valence-corrected chi connectivity index (χ4v) is 6.07. The van der Waals surface area contributed by atoms with Gasteiger partial charge in [0.05, 0.1) is 52.4 Å². The Morgan fingerprint density at radius 1 is 0.737 bits per heavy atom. The Labute approximate surface area is 228 Å². The predicted octanol–water partition coefficient (Wildman–Crippen LogP) is 4.84. The van der Waals surface area contributed by atoms with Crippen LogP contribution >= 0.6 is 0 Å². The number of hydrogen-bond acceptors (Lipinski definition) is 8. The lowest BCUT2D eigenvalue weighted by atomic mass is 9.89. The molecule has 0 aromatic carbocycles. The van der Waals surface area contributed by atoms with Crippen molar-refractivity contribution in [1.29, 1.82) is 0 Å². The third-order valence-corrected chi connectivity index (χ3v) is 8.74. The zero-order valence-electron chi connectivity index (χ0n) is 24.7. The van der Waals surface area contributed by atoms with Crippen molar-refractivity contribution < 1.29 is 39.7 Å². The molecule has 3 rings (SSSR count). The molecular formula is C30H52O8. The van der Waals surface area contributed by atoms with Gasteiger partial charge in [0.25, 0.3) is 0 Å². The topological polar surface area (TPSA) is 118 Å². The Bertz CT molecular complexity index is 857. The molecule has 3 fully saturated rings. The summed E-state index contributed by atoms with van der Waals surface area (Å²) in [5.74, 6) is 0. The summed E-state index contributed by atoms with van der Waals surface area (Å²) < 4.78 is 19.6. The van der Waals surface area contributed by atoms with Gasteiger partial charge in [-0.1, -0.05) is 24.3 Å². The third kappa shape index (κ3) is 7.67. The summed E-state index contributed by atoms with van der Waals surface area (Å²) in [6.45, 7) is 14.6. The van der Waals surface area contributed by atoms with Gasteiger partial charge in [-0.25, -0.2) is 4.89 Å². The monoisotopic (exact) mass is 540 g/mol. The van der Waals surface area contributed by atoms with E-state index < -0.39 is 33.6 Å². The molecule has 3 aliphatic heterocycles. The molecule has 0 radical (unpaired) electrons. The molecule has 0 amide bonds. The average Bonchev–Trinajstić information content (AvgIpc) is 3.52. The van der Waals surface area contributed by atoms with E-state index in [1.54, 1.807) is 53.7 Å². The molecule has 3 heterocycles. The van der Waals surface area contributed by atoms with Crippen LogP contribution in [-0.2, 0) is 19.1 Å². The molecule has 220 valence electrons.